The number of carboxylic acids is 1. The second-order valence-corrected chi connectivity index (χ2v) is 15.1. The summed E-state index contributed by atoms with van der Waals surface area (Å²) in [4.78, 5) is 91.8. The second-order valence-electron chi connectivity index (χ2n) is 15.1. The fraction of sp³-hybridized carbons (Fsp3) is 0.553. The highest BCUT2D eigenvalue weighted by Crippen LogP contribution is 2.29. The van der Waals surface area contributed by atoms with Gasteiger partial charge in [0.1, 0.15) is 12.1 Å². The van der Waals surface area contributed by atoms with Crippen LogP contribution in [0.5, 0.6) is 0 Å². The molecule has 5 N–H and O–H groups in total. The number of imide groups is 1. The number of benzene rings is 1. The minimum Gasteiger partial charge on any atom is -0.481 e. The summed E-state index contributed by atoms with van der Waals surface area (Å²) < 4.78 is 0. The lowest BCUT2D eigenvalue weighted by atomic mass is 9.76. The zero-order valence-corrected chi connectivity index (χ0v) is 32.0. The Morgan fingerprint density at radius 1 is 0.904 bits per heavy atom. The third kappa shape index (κ3) is 11.6. The number of carbonyl (C=O) groups is 7. The molecule has 1 aromatic carbocycles. The first-order valence-corrected chi connectivity index (χ1v) is 17.5. The number of amides is 6. The molecule has 0 aliphatic carbocycles. The van der Waals surface area contributed by atoms with Crippen LogP contribution >= 0.6 is 0 Å². The van der Waals surface area contributed by atoms with Gasteiger partial charge in [0.15, 0.2) is 0 Å². The smallest absolute Gasteiger partial charge is 0.303 e. The lowest BCUT2D eigenvalue weighted by Crippen LogP contribution is -2.61. The van der Waals surface area contributed by atoms with E-state index in [9.17, 15) is 38.7 Å². The van der Waals surface area contributed by atoms with Crippen LogP contribution in [-0.2, 0) is 39.0 Å². The Morgan fingerprint density at radius 2 is 1.48 bits per heavy atom. The molecule has 0 fully saturated rings. The molecule has 1 unspecified atom stereocenters. The lowest BCUT2D eigenvalue weighted by molar-refractivity contribution is -0.141. The van der Waals surface area contributed by atoms with E-state index in [-0.39, 0.29) is 42.8 Å². The standard InChI is InChI=1S/C38H56N6O8/c1-23(2)27(22-24(3)33(49)41-26(16-19-30(47)48)34(50)40-20-21-44-28(45)17-18-29(44)46)43(10)36(52)32(37(4,5)6)42-35(51)31(39-9)38(7,8)25-14-12-11-13-15-25/h11-15,17-18,22-23,26-27,31-32,39H,16,19-21H2,1-10H3,(H,40,50)(H,41,49)(H,42,51)(H,47,48)/b24-22+/t26-,27+,31+,32?/m0/s1. The Hall–Kier alpha value is -4.85. The van der Waals surface area contributed by atoms with Crippen molar-refractivity contribution >= 4 is 41.4 Å². The van der Waals surface area contributed by atoms with Gasteiger partial charge in [-0.3, -0.25) is 38.5 Å². The van der Waals surface area contributed by atoms with Crippen LogP contribution in [0, 0.1) is 11.3 Å². The van der Waals surface area contributed by atoms with Crippen LogP contribution in [0.15, 0.2) is 54.1 Å². The van der Waals surface area contributed by atoms with Crippen molar-refractivity contribution in [3.63, 3.8) is 0 Å². The van der Waals surface area contributed by atoms with Gasteiger partial charge in [0.25, 0.3) is 11.8 Å². The highest BCUT2D eigenvalue weighted by Gasteiger charge is 2.41. The van der Waals surface area contributed by atoms with Gasteiger partial charge in [0, 0.05) is 49.7 Å². The second kappa shape index (κ2) is 18.6. The fourth-order valence-corrected chi connectivity index (χ4v) is 6.04. The topological polar surface area (TPSA) is 194 Å². The summed E-state index contributed by atoms with van der Waals surface area (Å²) in [7, 11) is 3.31. The van der Waals surface area contributed by atoms with Crippen LogP contribution in [0.3, 0.4) is 0 Å². The molecule has 286 valence electrons. The number of hydrogen-bond acceptors (Lipinski definition) is 8. The molecule has 2 rings (SSSR count). The first-order chi connectivity index (χ1) is 24.1. The Bertz CT molecular complexity index is 1530. The van der Waals surface area contributed by atoms with E-state index in [4.69, 9.17) is 0 Å². The highest BCUT2D eigenvalue weighted by atomic mass is 16.4. The average molecular weight is 725 g/mol. The van der Waals surface area contributed by atoms with Gasteiger partial charge in [-0.1, -0.05) is 84.9 Å². The molecule has 0 aromatic heterocycles. The van der Waals surface area contributed by atoms with E-state index in [1.54, 1.807) is 20.2 Å². The fourth-order valence-electron chi connectivity index (χ4n) is 6.04. The Kier molecular flexibility index (Phi) is 15.5. The Morgan fingerprint density at radius 3 is 1.98 bits per heavy atom. The number of nitrogens with zero attached hydrogens (tertiary/aromatic N) is 2. The quantitative estimate of drug-likeness (QED) is 0.111. The minimum atomic E-state index is -1.23. The van der Waals surface area contributed by atoms with E-state index in [1.165, 1.54) is 11.8 Å². The average Bonchev–Trinajstić information content (AvgIpc) is 3.39. The molecule has 52 heavy (non-hydrogen) atoms. The number of hydrogen-bond donors (Lipinski definition) is 5. The molecule has 14 nitrogen and oxygen atoms in total. The van der Waals surface area contributed by atoms with E-state index in [2.05, 4.69) is 21.3 Å². The first kappa shape index (κ1) is 43.3. The van der Waals surface area contributed by atoms with Crippen LogP contribution in [0.2, 0.25) is 0 Å². The molecule has 0 saturated carbocycles. The van der Waals surface area contributed by atoms with Crippen LogP contribution in [0.4, 0.5) is 0 Å². The van der Waals surface area contributed by atoms with Crippen LogP contribution < -0.4 is 21.3 Å². The molecule has 1 aromatic rings. The third-order valence-corrected chi connectivity index (χ3v) is 9.25. The minimum absolute atomic E-state index is 0.0955. The van der Waals surface area contributed by atoms with Crippen molar-refractivity contribution in [1.29, 1.82) is 0 Å². The van der Waals surface area contributed by atoms with E-state index < -0.39 is 71.0 Å². The Labute approximate surface area is 306 Å². The van der Waals surface area contributed by atoms with Gasteiger partial charge in [-0.2, -0.15) is 0 Å². The molecule has 0 spiro atoms. The van der Waals surface area contributed by atoms with Gasteiger partial charge in [0.05, 0.1) is 12.1 Å². The van der Waals surface area contributed by atoms with Crippen molar-refractivity contribution in [2.45, 2.75) is 97.8 Å². The van der Waals surface area contributed by atoms with Crippen molar-refractivity contribution in [3.8, 4) is 0 Å². The van der Waals surface area contributed by atoms with E-state index >= 15 is 0 Å². The predicted octanol–water partition coefficient (Wildman–Crippen LogP) is 1.90. The summed E-state index contributed by atoms with van der Waals surface area (Å²) in [6.07, 6.45) is 3.24. The highest BCUT2D eigenvalue weighted by molar-refractivity contribution is 6.12. The number of carbonyl (C=O) groups excluding carboxylic acids is 6. The third-order valence-electron chi connectivity index (χ3n) is 9.25. The van der Waals surface area contributed by atoms with Gasteiger partial charge in [0.2, 0.25) is 23.6 Å². The molecular weight excluding hydrogens is 668 g/mol. The molecule has 1 aliphatic heterocycles. The normalized spacial score (nSPS) is 15.9. The van der Waals surface area contributed by atoms with Crippen molar-refractivity contribution in [2.75, 3.05) is 27.2 Å². The van der Waals surface area contributed by atoms with Gasteiger partial charge < -0.3 is 31.3 Å². The summed E-state index contributed by atoms with van der Waals surface area (Å²) in [5, 5.41) is 20.5. The van der Waals surface area contributed by atoms with E-state index in [1.807, 2.05) is 78.8 Å². The molecule has 1 heterocycles. The number of likely N-dealkylation sites (N-methyl/N-ethyl adjacent to an activating group) is 2. The number of aliphatic carboxylic acids is 1. The summed E-state index contributed by atoms with van der Waals surface area (Å²) in [6.45, 7) is 14.6. The summed E-state index contributed by atoms with van der Waals surface area (Å²) in [5.41, 5.74) is -0.172. The largest absolute Gasteiger partial charge is 0.481 e. The molecule has 1 aliphatic rings. The van der Waals surface area contributed by atoms with Crippen LogP contribution in [0.1, 0.15) is 73.8 Å². The number of nitrogens with one attached hydrogen (secondary N) is 4. The first-order valence-electron chi connectivity index (χ1n) is 17.5. The van der Waals surface area contributed by atoms with Crippen molar-refractivity contribution < 1.29 is 38.7 Å². The summed E-state index contributed by atoms with van der Waals surface area (Å²) in [6, 6.07) is 6.21. The zero-order valence-electron chi connectivity index (χ0n) is 32.0. The van der Waals surface area contributed by atoms with Gasteiger partial charge in [-0.15, -0.1) is 0 Å². The maximum absolute atomic E-state index is 14.2. The summed E-state index contributed by atoms with van der Waals surface area (Å²) in [5.74, 6) is -4.39. The number of rotatable bonds is 18. The number of carboxylic acid groups (broad SMARTS) is 1. The molecule has 14 heteroatoms. The molecular formula is C38H56N6O8. The molecule has 0 saturated heterocycles. The van der Waals surface area contributed by atoms with Crippen molar-refractivity contribution in [1.82, 2.24) is 31.1 Å². The van der Waals surface area contributed by atoms with Crippen LogP contribution in [-0.4, -0.2) is 108 Å². The predicted molar refractivity (Wildman–Crippen MR) is 197 cm³/mol. The maximum atomic E-state index is 14.2. The van der Waals surface area contributed by atoms with Crippen molar-refractivity contribution in [3.05, 3.63) is 59.7 Å². The molecule has 0 radical (unpaired) electrons. The van der Waals surface area contributed by atoms with E-state index in [0.29, 0.717) is 0 Å². The zero-order chi connectivity index (χ0) is 39.6. The van der Waals surface area contributed by atoms with E-state index in [0.717, 1.165) is 22.6 Å². The SMILES string of the molecule is CN[C@H](C(=O)NC(C(=O)N(C)[C@H](/C=C(\C)C(=O)N[C@@H](CCC(=O)O)C(=O)NCCN1C(=O)C=CC1=O)C(C)C)C(C)(C)C)C(C)(C)c1ccccc1. The molecule has 0 bridgehead atoms. The Balaban J connectivity index is 2.25. The lowest BCUT2D eigenvalue weighted by Gasteiger charge is -2.40. The molecule has 6 amide bonds. The van der Waals surface area contributed by atoms with Crippen molar-refractivity contribution in [2.24, 2.45) is 11.3 Å². The van der Waals surface area contributed by atoms with Gasteiger partial charge >= 0.3 is 5.97 Å². The molecule has 4 atom stereocenters. The maximum Gasteiger partial charge on any atom is 0.303 e. The van der Waals surface area contributed by atoms with Gasteiger partial charge in [-0.25, -0.2) is 0 Å². The van der Waals surface area contributed by atoms with Crippen LogP contribution in [0.25, 0.3) is 0 Å². The van der Waals surface area contributed by atoms with Gasteiger partial charge in [-0.05, 0) is 37.3 Å². The monoisotopic (exact) mass is 724 g/mol. The summed E-state index contributed by atoms with van der Waals surface area (Å²) >= 11 is 0.